The first-order valence-electron chi connectivity index (χ1n) is 10.1. The smallest absolute Gasteiger partial charge is 0.262 e. The maximum absolute atomic E-state index is 12.3. The minimum absolute atomic E-state index is 0.102. The van der Waals surface area contributed by atoms with Crippen molar-refractivity contribution >= 4 is 34.2 Å². The number of anilines is 1. The number of fused-ring (bicyclic) bond motifs is 1. The zero-order chi connectivity index (χ0) is 22.0. The molecule has 6 nitrogen and oxygen atoms in total. The minimum atomic E-state index is -0.257. The monoisotopic (exact) mass is 434 g/mol. The number of aryl methyl sites for hydroxylation is 3. The number of hydrogen-bond donors (Lipinski definition) is 1. The van der Waals surface area contributed by atoms with Gasteiger partial charge in [-0.25, -0.2) is 0 Å². The van der Waals surface area contributed by atoms with Crippen molar-refractivity contribution in [1.29, 1.82) is 0 Å². The van der Waals surface area contributed by atoms with Crippen LogP contribution in [0.1, 0.15) is 23.6 Å². The second-order valence-electron chi connectivity index (χ2n) is 7.42. The van der Waals surface area contributed by atoms with Crippen LogP contribution in [0.25, 0.3) is 16.7 Å². The molecular formula is C24H23ClN4O2. The number of benzene rings is 3. The summed E-state index contributed by atoms with van der Waals surface area (Å²) in [5, 5.41) is 12.6. The summed E-state index contributed by atoms with van der Waals surface area (Å²) in [5.74, 6) is 0.356. The molecule has 0 bridgehead atoms. The molecule has 0 radical (unpaired) electrons. The van der Waals surface area contributed by atoms with Gasteiger partial charge in [0.05, 0.1) is 5.69 Å². The van der Waals surface area contributed by atoms with Crippen LogP contribution in [0.5, 0.6) is 5.75 Å². The molecule has 0 aliphatic carbocycles. The van der Waals surface area contributed by atoms with Gasteiger partial charge >= 0.3 is 0 Å². The molecule has 4 aromatic rings. The number of ether oxygens (including phenoxy) is 1. The maximum Gasteiger partial charge on any atom is 0.262 e. The predicted molar refractivity (Wildman–Crippen MR) is 123 cm³/mol. The summed E-state index contributed by atoms with van der Waals surface area (Å²) in [4.78, 5) is 13.9. The number of nitrogens with one attached hydrogen (secondary N) is 1. The molecule has 0 atom stereocenters. The normalized spacial score (nSPS) is 11.0. The number of halogens is 1. The molecule has 1 aromatic heterocycles. The van der Waals surface area contributed by atoms with Gasteiger partial charge in [-0.1, -0.05) is 30.7 Å². The van der Waals surface area contributed by atoms with Crippen LogP contribution < -0.4 is 10.1 Å². The minimum Gasteiger partial charge on any atom is -0.484 e. The number of carbonyl (C=O) groups is 1. The summed E-state index contributed by atoms with van der Waals surface area (Å²) < 4.78 is 5.62. The van der Waals surface area contributed by atoms with Gasteiger partial charge < -0.3 is 10.1 Å². The third kappa shape index (κ3) is 4.70. The predicted octanol–water partition coefficient (Wildman–Crippen LogP) is 5.27. The number of carbonyl (C=O) groups excluding carboxylic acids is 1. The van der Waals surface area contributed by atoms with E-state index >= 15 is 0 Å². The van der Waals surface area contributed by atoms with E-state index in [4.69, 9.17) is 16.3 Å². The van der Waals surface area contributed by atoms with E-state index < -0.39 is 0 Å². The van der Waals surface area contributed by atoms with Crippen LogP contribution in [0, 0.1) is 13.8 Å². The average Bonchev–Trinajstić information content (AvgIpc) is 3.19. The molecule has 0 unspecified atom stereocenters. The molecule has 1 N–H and O–H groups in total. The molecule has 0 aliphatic rings. The van der Waals surface area contributed by atoms with E-state index in [1.54, 1.807) is 16.9 Å². The highest BCUT2D eigenvalue weighted by Gasteiger charge is 2.10. The largest absolute Gasteiger partial charge is 0.484 e. The van der Waals surface area contributed by atoms with Crippen LogP contribution in [0.2, 0.25) is 5.02 Å². The van der Waals surface area contributed by atoms with Gasteiger partial charge in [0.15, 0.2) is 6.61 Å². The molecule has 31 heavy (non-hydrogen) atoms. The zero-order valence-corrected chi connectivity index (χ0v) is 18.4. The van der Waals surface area contributed by atoms with E-state index in [2.05, 4.69) is 34.6 Å². The molecule has 158 valence electrons. The summed E-state index contributed by atoms with van der Waals surface area (Å²) in [6.45, 7) is 5.83. The Balaban J connectivity index is 1.44. The lowest BCUT2D eigenvalue weighted by molar-refractivity contribution is -0.118. The van der Waals surface area contributed by atoms with Gasteiger partial charge in [0, 0.05) is 10.7 Å². The Morgan fingerprint density at radius 1 is 1.00 bits per heavy atom. The molecule has 4 rings (SSSR count). The lowest BCUT2D eigenvalue weighted by Gasteiger charge is -2.10. The van der Waals surface area contributed by atoms with E-state index in [0.717, 1.165) is 28.8 Å². The van der Waals surface area contributed by atoms with Crippen LogP contribution >= 0.6 is 11.6 Å². The van der Waals surface area contributed by atoms with Crippen LogP contribution in [0.4, 0.5) is 5.69 Å². The standard InChI is InChI=1S/C24H23ClN4O2/c1-4-17-5-8-19(9-6-17)29-27-21-10-7-18(13-22(21)28-29)26-23(30)14-31-20-11-15(2)24(25)16(3)12-20/h5-13H,4,14H2,1-3H3,(H,26,30). The summed E-state index contributed by atoms with van der Waals surface area (Å²) in [5.41, 5.74) is 6.06. The third-order valence-corrected chi connectivity index (χ3v) is 5.62. The van der Waals surface area contributed by atoms with Gasteiger partial charge in [0.25, 0.3) is 5.91 Å². The van der Waals surface area contributed by atoms with Gasteiger partial charge in [0.2, 0.25) is 0 Å². The van der Waals surface area contributed by atoms with Crippen molar-refractivity contribution in [2.45, 2.75) is 27.2 Å². The summed E-state index contributed by atoms with van der Waals surface area (Å²) in [7, 11) is 0. The van der Waals surface area contributed by atoms with E-state index in [9.17, 15) is 4.79 Å². The third-order valence-electron chi connectivity index (χ3n) is 5.02. The van der Waals surface area contributed by atoms with Crippen LogP contribution in [0.3, 0.4) is 0 Å². The maximum atomic E-state index is 12.3. The highest BCUT2D eigenvalue weighted by atomic mass is 35.5. The molecule has 0 saturated carbocycles. The quantitative estimate of drug-likeness (QED) is 0.448. The Bertz CT molecular complexity index is 1230. The van der Waals surface area contributed by atoms with E-state index in [1.807, 2.05) is 44.2 Å². The first-order valence-corrected chi connectivity index (χ1v) is 10.5. The second-order valence-corrected chi connectivity index (χ2v) is 7.80. The average molecular weight is 435 g/mol. The molecule has 0 saturated heterocycles. The van der Waals surface area contributed by atoms with Crippen molar-refractivity contribution in [3.05, 3.63) is 76.3 Å². The van der Waals surface area contributed by atoms with Crippen LogP contribution in [-0.4, -0.2) is 27.5 Å². The highest BCUT2D eigenvalue weighted by molar-refractivity contribution is 6.32. The number of hydrogen-bond acceptors (Lipinski definition) is 4. The number of rotatable bonds is 6. The Kier molecular flexibility index (Phi) is 5.91. The Hall–Kier alpha value is -3.38. The van der Waals surface area contributed by atoms with E-state index in [0.29, 0.717) is 22.0 Å². The van der Waals surface area contributed by atoms with Gasteiger partial charge in [0.1, 0.15) is 16.8 Å². The fourth-order valence-corrected chi connectivity index (χ4v) is 3.42. The summed E-state index contributed by atoms with van der Waals surface area (Å²) >= 11 is 6.17. The van der Waals surface area contributed by atoms with Crippen molar-refractivity contribution in [3.63, 3.8) is 0 Å². The van der Waals surface area contributed by atoms with Gasteiger partial charge in [-0.3, -0.25) is 4.79 Å². The molecular weight excluding hydrogens is 412 g/mol. The lowest BCUT2D eigenvalue weighted by Crippen LogP contribution is -2.20. The molecule has 1 heterocycles. The molecule has 1 amide bonds. The molecule has 0 aliphatic heterocycles. The number of nitrogens with zero attached hydrogens (tertiary/aromatic N) is 3. The van der Waals surface area contributed by atoms with Crippen molar-refractivity contribution in [2.75, 3.05) is 11.9 Å². The SMILES string of the molecule is CCc1ccc(-n2nc3ccc(NC(=O)COc4cc(C)c(Cl)c(C)c4)cc3n2)cc1. The molecule has 0 fully saturated rings. The number of amides is 1. The first kappa shape index (κ1) is 20.9. The fraction of sp³-hybridized carbons (Fsp3) is 0.208. The fourth-order valence-electron chi connectivity index (χ4n) is 3.31. The lowest BCUT2D eigenvalue weighted by atomic mass is 10.1. The van der Waals surface area contributed by atoms with Gasteiger partial charge in [-0.15, -0.1) is 10.2 Å². The van der Waals surface area contributed by atoms with Crippen molar-refractivity contribution in [2.24, 2.45) is 0 Å². The second kappa shape index (κ2) is 8.78. The Labute approximate surface area is 185 Å². The van der Waals surface area contributed by atoms with Gasteiger partial charge in [-0.2, -0.15) is 4.80 Å². The topological polar surface area (TPSA) is 69.0 Å². The van der Waals surface area contributed by atoms with E-state index in [1.165, 1.54) is 5.56 Å². The Morgan fingerprint density at radius 2 is 1.68 bits per heavy atom. The zero-order valence-electron chi connectivity index (χ0n) is 17.6. The van der Waals surface area contributed by atoms with Gasteiger partial charge in [-0.05, 0) is 79.4 Å². The summed E-state index contributed by atoms with van der Waals surface area (Å²) in [6, 6.07) is 17.2. The molecule has 3 aromatic carbocycles. The number of aromatic nitrogens is 3. The van der Waals surface area contributed by atoms with Crippen LogP contribution in [0.15, 0.2) is 54.6 Å². The van der Waals surface area contributed by atoms with Crippen molar-refractivity contribution in [1.82, 2.24) is 15.0 Å². The Morgan fingerprint density at radius 3 is 2.35 bits per heavy atom. The van der Waals surface area contributed by atoms with E-state index in [-0.39, 0.29) is 12.5 Å². The highest BCUT2D eigenvalue weighted by Crippen LogP contribution is 2.26. The summed E-state index contributed by atoms with van der Waals surface area (Å²) in [6.07, 6.45) is 0.985. The van der Waals surface area contributed by atoms with Crippen LogP contribution in [-0.2, 0) is 11.2 Å². The first-order chi connectivity index (χ1) is 14.9. The molecule has 0 spiro atoms. The molecule has 7 heteroatoms. The van der Waals surface area contributed by atoms with Crippen molar-refractivity contribution in [3.8, 4) is 11.4 Å². The van der Waals surface area contributed by atoms with Crippen molar-refractivity contribution < 1.29 is 9.53 Å².